The lowest BCUT2D eigenvalue weighted by atomic mass is 9.97. The molecule has 2 N–H and O–H groups in total. The van der Waals surface area contributed by atoms with Gasteiger partial charge in [-0.25, -0.2) is 13.4 Å². The molecular formula is C21H26N4O4S. The average molecular weight is 431 g/mol. The number of aromatic nitrogens is 1. The SMILES string of the molecule is CC(=O)Nc1ccc(C)c(S(=O)(=O)N2CCC(C(=O)Nc3cc(C)ccn3)CC2)c1. The number of nitrogens with zero attached hydrogens (tertiary/aromatic N) is 2. The van der Waals surface area contributed by atoms with Crippen LogP contribution in [0.4, 0.5) is 11.5 Å². The summed E-state index contributed by atoms with van der Waals surface area (Å²) in [6.45, 7) is 5.52. The first kappa shape index (κ1) is 21.9. The van der Waals surface area contributed by atoms with Crippen LogP contribution >= 0.6 is 0 Å². The first-order valence-electron chi connectivity index (χ1n) is 9.79. The zero-order valence-corrected chi connectivity index (χ0v) is 18.1. The van der Waals surface area contributed by atoms with Gasteiger partial charge >= 0.3 is 0 Å². The molecule has 1 fully saturated rings. The highest BCUT2D eigenvalue weighted by Crippen LogP contribution is 2.28. The van der Waals surface area contributed by atoms with E-state index in [1.54, 1.807) is 31.3 Å². The lowest BCUT2D eigenvalue weighted by Crippen LogP contribution is -2.41. The van der Waals surface area contributed by atoms with E-state index in [-0.39, 0.29) is 35.7 Å². The molecule has 0 unspecified atom stereocenters. The highest BCUT2D eigenvalue weighted by molar-refractivity contribution is 7.89. The summed E-state index contributed by atoms with van der Waals surface area (Å²) in [5.74, 6) is -0.183. The predicted octanol–water partition coefficient (Wildman–Crippen LogP) is 2.70. The van der Waals surface area contributed by atoms with E-state index in [0.29, 0.717) is 29.9 Å². The van der Waals surface area contributed by atoms with Crippen molar-refractivity contribution in [2.75, 3.05) is 23.7 Å². The van der Waals surface area contributed by atoms with Crippen molar-refractivity contribution in [3.8, 4) is 0 Å². The van der Waals surface area contributed by atoms with E-state index >= 15 is 0 Å². The molecule has 1 saturated heterocycles. The van der Waals surface area contributed by atoms with E-state index in [2.05, 4.69) is 15.6 Å². The van der Waals surface area contributed by atoms with Crippen molar-refractivity contribution in [2.45, 2.75) is 38.5 Å². The minimum absolute atomic E-state index is 0.144. The number of benzene rings is 1. The first-order valence-corrected chi connectivity index (χ1v) is 11.2. The van der Waals surface area contributed by atoms with Crippen LogP contribution in [0.15, 0.2) is 41.4 Å². The van der Waals surface area contributed by atoms with Crippen LogP contribution in [-0.4, -0.2) is 42.6 Å². The van der Waals surface area contributed by atoms with Crippen LogP contribution in [0.2, 0.25) is 0 Å². The van der Waals surface area contributed by atoms with E-state index in [1.165, 1.54) is 17.3 Å². The molecule has 0 atom stereocenters. The zero-order valence-electron chi connectivity index (χ0n) is 17.3. The zero-order chi connectivity index (χ0) is 21.9. The molecule has 2 heterocycles. The number of amides is 2. The number of piperidine rings is 1. The van der Waals surface area contributed by atoms with Crippen LogP contribution in [0, 0.1) is 19.8 Å². The Morgan fingerprint density at radius 1 is 1.07 bits per heavy atom. The molecular weight excluding hydrogens is 404 g/mol. The molecule has 0 saturated carbocycles. The monoisotopic (exact) mass is 430 g/mol. The third-order valence-electron chi connectivity index (χ3n) is 5.12. The molecule has 1 aliphatic heterocycles. The summed E-state index contributed by atoms with van der Waals surface area (Å²) >= 11 is 0. The van der Waals surface area contributed by atoms with Crippen LogP contribution in [0.5, 0.6) is 0 Å². The Bertz CT molecular complexity index is 1060. The second-order valence-electron chi connectivity index (χ2n) is 7.55. The Hall–Kier alpha value is -2.78. The molecule has 0 bridgehead atoms. The van der Waals surface area contributed by atoms with E-state index in [4.69, 9.17) is 0 Å². The van der Waals surface area contributed by atoms with Crippen molar-refractivity contribution >= 4 is 33.3 Å². The number of hydrogen-bond donors (Lipinski definition) is 2. The number of hydrogen-bond acceptors (Lipinski definition) is 5. The van der Waals surface area contributed by atoms with Crippen LogP contribution in [0.3, 0.4) is 0 Å². The third kappa shape index (κ3) is 5.03. The molecule has 1 aliphatic rings. The van der Waals surface area contributed by atoms with Crippen LogP contribution in [-0.2, 0) is 19.6 Å². The van der Waals surface area contributed by atoms with E-state index in [9.17, 15) is 18.0 Å². The van der Waals surface area contributed by atoms with Gasteiger partial charge in [-0.1, -0.05) is 6.07 Å². The lowest BCUT2D eigenvalue weighted by Gasteiger charge is -2.31. The maximum Gasteiger partial charge on any atom is 0.243 e. The maximum absolute atomic E-state index is 13.2. The lowest BCUT2D eigenvalue weighted by molar-refractivity contribution is -0.121. The number of nitrogens with one attached hydrogen (secondary N) is 2. The van der Waals surface area contributed by atoms with Gasteiger partial charge in [-0.2, -0.15) is 4.31 Å². The second kappa shape index (κ2) is 8.93. The Kier molecular flexibility index (Phi) is 6.52. The van der Waals surface area contributed by atoms with Gasteiger partial charge in [0, 0.05) is 37.8 Å². The number of aryl methyl sites for hydroxylation is 2. The van der Waals surface area contributed by atoms with Gasteiger partial charge in [0.25, 0.3) is 0 Å². The summed E-state index contributed by atoms with van der Waals surface area (Å²) in [6.07, 6.45) is 2.50. The Morgan fingerprint density at radius 2 is 1.77 bits per heavy atom. The van der Waals surface area contributed by atoms with Gasteiger partial charge in [-0.3, -0.25) is 9.59 Å². The third-order valence-corrected chi connectivity index (χ3v) is 7.16. The molecule has 0 radical (unpaired) electrons. The van der Waals surface area contributed by atoms with Gasteiger partial charge in [0.2, 0.25) is 21.8 Å². The van der Waals surface area contributed by atoms with Crippen molar-refractivity contribution in [3.05, 3.63) is 47.7 Å². The molecule has 9 heteroatoms. The molecule has 30 heavy (non-hydrogen) atoms. The molecule has 0 aliphatic carbocycles. The topological polar surface area (TPSA) is 108 Å². The van der Waals surface area contributed by atoms with Crippen LogP contribution < -0.4 is 10.6 Å². The molecule has 1 aromatic heterocycles. The highest BCUT2D eigenvalue weighted by Gasteiger charge is 2.33. The van der Waals surface area contributed by atoms with Gasteiger partial charge in [-0.15, -0.1) is 0 Å². The van der Waals surface area contributed by atoms with Gasteiger partial charge in [0.1, 0.15) is 5.82 Å². The molecule has 160 valence electrons. The summed E-state index contributed by atoms with van der Waals surface area (Å²) in [5.41, 5.74) is 2.04. The molecule has 1 aromatic carbocycles. The Balaban J connectivity index is 1.68. The Labute approximate surface area is 176 Å². The molecule has 2 aromatic rings. The quantitative estimate of drug-likeness (QED) is 0.758. The fourth-order valence-corrected chi connectivity index (χ4v) is 5.21. The first-order chi connectivity index (χ1) is 14.2. The van der Waals surface area contributed by atoms with Gasteiger partial charge in [0.05, 0.1) is 4.90 Å². The summed E-state index contributed by atoms with van der Waals surface area (Å²) in [7, 11) is -3.73. The van der Waals surface area contributed by atoms with Crippen LogP contribution in [0.1, 0.15) is 30.9 Å². The van der Waals surface area contributed by atoms with Crippen molar-refractivity contribution in [1.29, 1.82) is 0 Å². The number of anilines is 2. The normalized spacial score (nSPS) is 15.6. The number of sulfonamides is 1. The fraction of sp³-hybridized carbons (Fsp3) is 0.381. The minimum atomic E-state index is -3.73. The standard InChI is InChI=1S/C21H26N4O4S/c1-14-6-9-22-20(12-14)24-21(27)17-7-10-25(11-8-17)30(28,29)19-13-18(23-16(3)26)5-4-15(19)2/h4-6,9,12-13,17H,7-8,10-11H2,1-3H3,(H,23,26)(H,22,24,27). The maximum atomic E-state index is 13.2. The molecule has 8 nitrogen and oxygen atoms in total. The van der Waals surface area contributed by atoms with Crippen LogP contribution in [0.25, 0.3) is 0 Å². The van der Waals surface area contributed by atoms with Crippen molar-refractivity contribution in [2.24, 2.45) is 5.92 Å². The van der Waals surface area contributed by atoms with E-state index in [1.807, 2.05) is 13.0 Å². The van der Waals surface area contributed by atoms with Crippen molar-refractivity contribution in [1.82, 2.24) is 9.29 Å². The summed E-state index contributed by atoms with van der Waals surface area (Å²) in [4.78, 5) is 28.1. The van der Waals surface area contributed by atoms with E-state index < -0.39 is 10.0 Å². The molecule has 2 amide bonds. The summed E-state index contributed by atoms with van der Waals surface area (Å²) < 4.78 is 27.7. The van der Waals surface area contributed by atoms with Crippen molar-refractivity contribution < 1.29 is 18.0 Å². The number of carbonyl (C=O) groups is 2. The highest BCUT2D eigenvalue weighted by atomic mass is 32.2. The number of rotatable bonds is 5. The van der Waals surface area contributed by atoms with E-state index in [0.717, 1.165) is 5.56 Å². The fourth-order valence-electron chi connectivity index (χ4n) is 3.49. The summed E-state index contributed by atoms with van der Waals surface area (Å²) in [5, 5.41) is 5.43. The largest absolute Gasteiger partial charge is 0.326 e. The van der Waals surface area contributed by atoms with Gasteiger partial charge < -0.3 is 10.6 Å². The average Bonchev–Trinajstić information content (AvgIpc) is 2.69. The smallest absolute Gasteiger partial charge is 0.243 e. The van der Waals surface area contributed by atoms with Gasteiger partial charge in [0.15, 0.2) is 0 Å². The van der Waals surface area contributed by atoms with Gasteiger partial charge in [-0.05, 0) is 62.1 Å². The number of carbonyl (C=O) groups excluding carboxylic acids is 2. The van der Waals surface area contributed by atoms with Crippen molar-refractivity contribution in [3.63, 3.8) is 0 Å². The molecule has 3 rings (SSSR count). The second-order valence-corrected chi connectivity index (χ2v) is 9.45. The summed E-state index contributed by atoms with van der Waals surface area (Å²) in [6, 6.07) is 8.47. The Morgan fingerprint density at radius 3 is 2.40 bits per heavy atom. The molecule has 0 spiro atoms. The predicted molar refractivity (Wildman–Crippen MR) is 115 cm³/mol. The number of pyridine rings is 1. The minimum Gasteiger partial charge on any atom is -0.326 e.